The van der Waals surface area contributed by atoms with Gasteiger partial charge in [-0.3, -0.25) is 4.40 Å². The number of benzene rings is 1. The molecule has 8 nitrogen and oxygen atoms in total. The highest BCUT2D eigenvalue weighted by molar-refractivity contribution is 5.90. The highest BCUT2D eigenvalue weighted by Gasteiger charge is 2.21. The third kappa shape index (κ3) is 3.78. The predicted octanol–water partition coefficient (Wildman–Crippen LogP) is 3.14. The largest absolute Gasteiger partial charge is 0.378 e. The Morgan fingerprint density at radius 3 is 2.61 bits per heavy atom. The number of halogens is 2. The Labute approximate surface area is 177 Å². The van der Waals surface area contributed by atoms with Crippen LogP contribution in [0.25, 0.3) is 17.0 Å². The third-order valence-electron chi connectivity index (χ3n) is 5.66. The van der Waals surface area contributed by atoms with Crippen molar-refractivity contribution >= 4 is 23.3 Å². The van der Waals surface area contributed by atoms with Crippen molar-refractivity contribution in [2.24, 2.45) is 0 Å². The maximum atomic E-state index is 14.6. The number of likely N-dealkylation sites (tertiary alicyclic amines) is 1. The Kier molecular flexibility index (Phi) is 5.14. The number of ether oxygens (including phenoxy) is 1. The average Bonchev–Trinajstić information content (AvgIpc) is 3.46. The van der Waals surface area contributed by atoms with Gasteiger partial charge in [0.2, 0.25) is 5.78 Å². The summed E-state index contributed by atoms with van der Waals surface area (Å²) in [5.74, 6) is -0.292. The number of anilines is 2. The first-order chi connectivity index (χ1) is 15.1. The number of aromatic nitrogens is 3. The number of carbonyl (C=O) groups excluding carboxylic acids is 1. The van der Waals surface area contributed by atoms with Gasteiger partial charge in [-0.2, -0.15) is 0 Å². The molecule has 0 aliphatic carbocycles. The standard InChI is InChI=1S/C21H22F2N6O2/c22-15-12-16(23)18(26-21(30)28-4-1-2-5-28)11-14(15)17-3-6-29-19(13-24-20(29)25-17)27-7-9-31-10-8-27/h3,6,11-13H,1-2,4-5,7-10H2,(H,26,30). The molecular formula is C21H22F2N6O2. The molecule has 0 radical (unpaired) electrons. The predicted molar refractivity (Wildman–Crippen MR) is 111 cm³/mol. The number of nitrogens with zero attached hydrogens (tertiary/aromatic N) is 5. The molecular weight excluding hydrogens is 406 g/mol. The van der Waals surface area contributed by atoms with Gasteiger partial charge in [0.25, 0.3) is 0 Å². The maximum absolute atomic E-state index is 14.6. The fourth-order valence-electron chi connectivity index (χ4n) is 3.99. The number of morpholine rings is 1. The normalized spacial score (nSPS) is 16.8. The fraction of sp³-hybridized carbons (Fsp3) is 0.381. The molecule has 0 bridgehead atoms. The van der Waals surface area contributed by atoms with Crippen LogP contribution in [0.4, 0.5) is 25.1 Å². The quantitative estimate of drug-likeness (QED) is 0.694. The average molecular weight is 428 g/mol. The van der Waals surface area contributed by atoms with Gasteiger partial charge in [-0.05, 0) is 25.0 Å². The van der Waals surface area contributed by atoms with E-state index in [0.717, 1.165) is 37.8 Å². The second kappa shape index (κ2) is 8.10. The van der Waals surface area contributed by atoms with Crippen LogP contribution >= 0.6 is 0 Å². The fourth-order valence-corrected chi connectivity index (χ4v) is 3.99. The van der Waals surface area contributed by atoms with Crippen molar-refractivity contribution in [1.29, 1.82) is 0 Å². The van der Waals surface area contributed by atoms with Crippen molar-refractivity contribution in [3.05, 3.63) is 42.2 Å². The van der Waals surface area contributed by atoms with E-state index in [2.05, 4.69) is 20.2 Å². The Morgan fingerprint density at radius 2 is 1.84 bits per heavy atom. The van der Waals surface area contributed by atoms with E-state index in [1.54, 1.807) is 23.4 Å². The molecule has 0 saturated carbocycles. The van der Waals surface area contributed by atoms with Gasteiger partial charge < -0.3 is 19.9 Å². The summed E-state index contributed by atoms with van der Waals surface area (Å²) in [6.07, 6.45) is 5.33. The zero-order valence-electron chi connectivity index (χ0n) is 16.9. The Balaban J connectivity index is 1.45. The molecule has 5 rings (SSSR count). The smallest absolute Gasteiger partial charge is 0.321 e. The summed E-state index contributed by atoms with van der Waals surface area (Å²) >= 11 is 0. The Morgan fingerprint density at radius 1 is 1.06 bits per heavy atom. The van der Waals surface area contributed by atoms with Gasteiger partial charge in [0.1, 0.15) is 17.5 Å². The Bertz CT molecular complexity index is 1120. The number of hydrogen-bond donors (Lipinski definition) is 1. The van der Waals surface area contributed by atoms with E-state index in [1.807, 2.05) is 4.40 Å². The molecule has 2 aromatic heterocycles. The number of rotatable bonds is 3. The molecule has 4 heterocycles. The second-order valence-electron chi connectivity index (χ2n) is 7.63. The number of hydrogen-bond acceptors (Lipinski definition) is 5. The minimum Gasteiger partial charge on any atom is -0.378 e. The molecule has 0 atom stereocenters. The van der Waals surface area contributed by atoms with E-state index in [4.69, 9.17) is 4.74 Å². The maximum Gasteiger partial charge on any atom is 0.321 e. The summed E-state index contributed by atoms with van der Waals surface area (Å²) in [6.45, 7) is 4.05. The lowest BCUT2D eigenvalue weighted by Crippen LogP contribution is -2.36. The molecule has 0 spiro atoms. The highest BCUT2D eigenvalue weighted by Crippen LogP contribution is 2.29. The monoisotopic (exact) mass is 428 g/mol. The van der Waals surface area contributed by atoms with Crippen LogP contribution in [0.2, 0.25) is 0 Å². The number of urea groups is 1. The summed E-state index contributed by atoms with van der Waals surface area (Å²) < 4.78 is 36.1. The number of fused-ring (bicyclic) bond motifs is 1. The molecule has 2 aliphatic rings. The molecule has 2 fully saturated rings. The van der Waals surface area contributed by atoms with E-state index in [-0.39, 0.29) is 17.3 Å². The molecule has 31 heavy (non-hydrogen) atoms. The Hall–Kier alpha value is -3.27. The van der Waals surface area contributed by atoms with Crippen molar-refractivity contribution in [3.8, 4) is 11.3 Å². The van der Waals surface area contributed by atoms with Crippen LogP contribution in [0.15, 0.2) is 30.6 Å². The lowest BCUT2D eigenvalue weighted by Gasteiger charge is -2.27. The highest BCUT2D eigenvalue weighted by atomic mass is 19.1. The van der Waals surface area contributed by atoms with Crippen molar-refractivity contribution < 1.29 is 18.3 Å². The van der Waals surface area contributed by atoms with Gasteiger partial charge in [-0.15, -0.1) is 0 Å². The van der Waals surface area contributed by atoms with Crippen LogP contribution in [0, 0.1) is 11.6 Å². The zero-order valence-corrected chi connectivity index (χ0v) is 16.9. The van der Waals surface area contributed by atoms with Gasteiger partial charge in [0, 0.05) is 44.0 Å². The van der Waals surface area contributed by atoms with Crippen molar-refractivity contribution in [2.45, 2.75) is 12.8 Å². The summed E-state index contributed by atoms with van der Waals surface area (Å²) in [6, 6.07) is 3.32. The van der Waals surface area contributed by atoms with E-state index in [1.165, 1.54) is 6.07 Å². The first kappa shape index (κ1) is 19.7. The van der Waals surface area contributed by atoms with Gasteiger partial charge in [0.05, 0.1) is 30.8 Å². The van der Waals surface area contributed by atoms with Crippen LogP contribution in [-0.4, -0.2) is 64.7 Å². The van der Waals surface area contributed by atoms with E-state index in [9.17, 15) is 13.6 Å². The second-order valence-corrected chi connectivity index (χ2v) is 7.63. The van der Waals surface area contributed by atoms with Crippen LogP contribution in [-0.2, 0) is 4.74 Å². The zero-order chi connectivity index (χ0) is 21.4. The van der Waals surface area contributed by atoms with Crippen molar-refractivity contribution in [2.75, 3.05) is 49.6 Å². The van der Waals surface area contributed by atoms with Crippen LogP contribution < -0.4 is 10.2 Å². The lowest BCUT2D eigenvalue weighted by molar-refractivity contribution is 0.122. The number of imidazole rings is 1. The van der Waals surface area contributed by atoms with E-state index >= 15 is 0 Å². The van der Waals surface area contributed by atoms with Crippen molar-refractivity contribution in [1.82, 2.24) is 19.3 Å². The van der Waals surface area contributed by atoms with Crippen LogP contribution in [0.3, 0.4) is 0 Å². The van der Waals surface area contributed by atoms with Crippen LogP contribution in [0.5, 0.6) is 0 Å². The molecule has 1 N–H and O–H groups in total. The molecule has 2 aliphatic heterocycles. The van der Waals surface area contributed by atoms with E-state index < -0.39 is 11.6 Å². The topological polar surface area (TPSA) is 75.0 Å². The van der Waals surface area contributed by atoms with Gasteiger partial charge >= 0.3 is 6.03 Å². The summed E-state index contributed by atoms with van der Waals surface area (Å²) in [4.78, 5) is 24.9. The van der Waals surface area contributed by atoms with Gasteiger partial charge in [-0.1, -0.05) is 0 Å². The number of nitrogens with one attached hydrogen (secondary N) is 1. The van der Waals surface area contributed by atoms with E-state index in [0.29, 0.717) is 37.8 Å². The lowest BCUT2D eigenvalue weighted by atomic mass is 10.1. The molecule has 162 valence electrons. The molecule has 0 unspecified atom stereocenters. The first-order valence-corrected chi connectivity index (χ1v) is 10.3. The summed E-state index contributed by atoms with van der Waals surface area (Å²) in [5.41, 5.74) is 0.324. The van der Waals surface area contributed by atoms with Crippen molar-refractivity contribution in [3.63, 3.8) is 0 Å². The minimum atomic E-state index is -0.828. The molecule has 10 heteroatoms. The van der Waals surface area contributed by atoms with Gasteiger partial charge in [-0.25, -0.2) is 23.5 Å². The molecule has 3 aromatic rings. The van der Waals surface area contributed by atoms with Crippen LogP contribution in [0.1, 0.15) is 12.8 Å². The number of carbonyl (C=O) groups is 1. The molecule has 2 saturated heterocycles. The molecule has 1 aromatic carbocycles. The SMILES string of the molecule is O=C(Nc1cc(-c2ccn3c(N4CCOCC4)cnc3n2)c(F)cc1F)N1CCCC1. The minimum absolute atomic E-state index is 0.0766. The number of amides is 2. The first-order valence-electron chi connectivity index (χ1n) is 10.3. The van der Waals surface area contributed by atoms with Gasteiger partial charge in [0.15, 0.2) is 0 Å². The summed E-state index contributed by atoms with van der Waals surface area (Å²) in [5, 5.41) is 2.55. The summed E-state index contributed by atoms with van der Waals surface area (Å²) in [7, 11) is 0. The third-order valence-corrected chi connectivity index (χ3v) is 5.66. The molecule has 2 amide bonds.